The van der Waals surface area contributed by atoms with Crippen molar-refractivity contribution in [3.8, 4) is 0 Å². The maximum Gasteiger partial charge on any atom is 0.314 e. The van der Waals surface area contributed by atoms with Crippen molar-refractivity contribution >= 4 is 23.9 Å². The van der Waals surface area contributed by atoms with Crippen LogP contribution in [0.4, 0.5) is 0 Å². The number of aliphatic carboxylic acids is 2. The summed E-state index contributed by atoms with van der Waals surface area (Å²) in [6.45, 7) is 0. The summed E-state index contributed by atoms with van der Waals surface area (Å²) in [7, 11) is 0. The molecule has 0 spiro atoms. The average Bonchev–Trinajstić information content (AvgIpc) is 2.30. The molecule has 0 atom stereocenters. The summed E-state index contributed by atoms with van der Waals surface area (Å²) in [4.78, 5) is 42.5. The smallest absolute Gasteiger partial charge is 0.314 e. The number of carbonyl (C=O) groups is 4. The molecule has 0 fully saturated rings. The van der Waals surface area contributed by atoms with Gasteiger partial charge in [-0.1, -0.05) is 12.8 Å². The van der Waals surface area contributed by atoms with E-state index in [-0.39, 0.29) is 31.8 Å². The topological polar surface area (TPSA) is 153 Å². The molecule has 0 aliphatic carbocycles. The fourth-order valence-corrected chi connectivity index (χ4v) is 1.34. The van der Waals surface area contributed by atoms with E-state index < -0.39 is 23.9 Å². The van der Waals surface area contributed by atoms with Gasteiger partial charge in [-0.15, -0.1) is 0 Å². The van der Waals surface area contributed by atoms with Crippen LogP contribution in [0.25, 0.3) is 0 Å². The maximum atomic E-state index is 11.2. The largest absolute Gasteiger partial charge is 0.481 e. The van der Waals surface area contributed by atoms with Crippen LogP contribution in [0, 0.1) is 0 Å². The molecule has 8 nitrogen and oxygen atoms in total. The SMILES string of the molecule is N.O=C(O)CCCCCCC(=O)OC(=O)CCC(=O)O. The molecule has 0 unspecified atom stereocenters. The van der Waals surface area contributed by atoms with Crippen molar-refractivity contribution in [1.82, 2.24) is 6.15 Å². The van der Waals surface area contributed by atoms with Gasteiger partial charge in [0.05, 0.1) is 12.8 Å². The first kappa shape index (κ1) is 20.4. The molecular formula is C12H21NO7. The van der Waals surface area contributed by atoms with E-state index in [4.69, 9.17) is 10.2 Å². The van der Waals surface area contributed by atoms with Crippen molar-refractivity contribution in [2.75, 3.05) is 0 Å². The van der Waals surface area contributed by atoms with Gasteiger partial charge in [0.2, 0.25) is 0 Å². The van der Waals surface area contributed by atoms with Crippen LogP contribution < -0.4 is 6.15 Å². The van der Waals surface area contributed by atoms with Gasteiger partial charge in [-0.25, -0.2) is 0 Å². The quantitative estimate of drug-likeness (QED) is 0.311. The Morgan fingerprint density at radius 1 is 0.650 bits per heavy atom. The van der Waals surface area contributed by atoms with Crippen LogP contribution in [-0.4, -0.2) is 34.1 Å². The molecular weight excluding hydrogens is 270 g/mol. The average molecular weight is 291 g/mol. The van der Waals surface area contributed by atoms with Crippen molar-refractivity contribution in [2.45, 2.75) is 51.4 Å². The van der Waals surface area contributed by atoms with Crippen molar-refractivity contribution in [1.29, 1.82) is 0 Å². The highest BCUT2D eigenvalue weighted by Crippen LogP contribution is 2.06. The van der Waals surface area contributed by atoms with Crippen molar-refractivity contribution in [3.05, 3.63) is 0 Å². The molecule has 5 N–H and O–H groups in total. The summed E-state index contributed by atoms with van der Waals surface area (Å²) < 4.78 is 4.41. The van der Waals surface area contributed by atoms with Crippen molar-refractivity contribution < 1.29 is 34.1 Å². The maximum absolute atomic E-state index is 11.2. The van der Waals surface area contributed by atoms with Crippen LogP contribution in [0.2, 0.25) is 0 Å². The van der Waals surface area contributed by atoms with Gasteiger partial charge >= 0.3 is 23.9 Å². The van der Waals surface area contributed by atoms with E-state index in [1.54, 1.807) is 0 Å². The second-order valence-electron chi connectivity index (χ2n) is 4.05. The third-order valence-corrected chi connectivity index (χ3v) is 2.29. The number of carbonyl (C=O) groups excluding carboxylic acids is 2. The van der Waals surface area contributed by atoms with Gasteiger partial charge < -0.3 is 21.1 Å². The minimum absolute atomic E-state index is 0. The fourth-order valence-electron chi connectivity index (χ4n) is 1.34. The molecule has 0 aliphatic heterocycles. The molecule has 0 aliphatic rings. The van der Waals surface area contributed by atoms with Gasteiger partial charge in [0.1, 0.15) is 0 Å². The molecule has 0 rings (SSSR count). The third kappa shape index (κ3) is 14.1. The Bertz CT molecular complexity index is 341. The fraction of sp³-hybridized carbons (Fsp3) is 0.667. The lowest BCUT2D eigenvalue weighted by molar-refractivity contribution is -0.161. The van der Waals surface area contributed by atoms with E-state index >= 15 is 0 Å². The van der Waals surface area contributed by atoms with Crippen LogP contribution >= 0.6 is 0 Å². The number of esters is 2. The number of hydrogen-bond acceptors (Lipinski definition) is 6. The van der Waals surface area contributed by atoms with E-state index in [0.29, 0.717) is 25.7 Å². The van der Waals surface area contributed by atoms with Gasteiger partial charge in [0.15, 0.2) is 0 Å². The van der Waals surface area contributed by atoms with Gasteiger partial charge in [0, 0.05) is 12.8 Å². The molecule has 20 heavy (non-hydrogen) atoms. The zero-order chi connectivity index (χ0) is 14.7. The van der Waals surface area contributed by atoms with Gasteiger partial charge in [-0.2, -0.15) is 0 Å². The van der Waals surface area contributed by atoms with Crippen molar-refractivity contribution in [2.24, 2.45) is 0 Å². The van der Waals surface area contributed by atoms with E-state index in [0.717, 1.165) is 0 Å². The van der Waals surface area contributed by atoms with Crippen LogP contribution in [0.15, 0.2) is 0 Å². The van der Waals surface area contributed by atoms with Crippen LogP contribution in [-0.2, 0) is 23.9 Å². The van der Waals surface area contributed by atoms with Crippen LogP contribution in [0.5, 0.6) is 0 Å². The van der Waals surface area contributed by atoms with E-state index in [2.05, 4.69) is 4.74 Å². The number of rotatable bonds is 10. The first-order valence-corrected chi connectivity index (χ1v) is 6.09. The first-order chi connectivity index (χ1) is 8.91. The Hall–Kier alpha value is -1.96. The molecule has 0 aromatic carbocycles. The molecule has 0 bridgehead atoms. The summed E-state index contributed by atoms with van der Waals surface area (Å²) in [6.07, 6.45) is 1.97. The Morgan fingerprint density at radius 2 is 1.10 bits per heavy atom. The number of carboxylic acid groups (broad SMARTS) is 2. The van der Waals surface area contributed by atoms with E-state index in [9.17, 15) is 19.2 Å². The summed E-state index contributed by atoms with van der Waals surface area (Å²) >= 11 is 0. The zero-order valence-corrected chi connectivity index (χ0v) is 11.3. The predicted molar refractivity (Wildman–Crippen MR) is 68.3 cm³/mol. The molecule has 0 heterocycles. The minimum Gasteiger partial charge on any atom is -0.481 e. The molecule has 0 saturated carbocycles. The van der Waals surface area contributed by atoms with Crippen LogP contribution in [0.3, 0.4) is 0 Å². The Morgan fingerprint density at radius 3 is 1.60 bits per heavy atom. The van der Waals surface area contributed by atoms with Crippen LogP contribution in [0.1, 0.15) is 51.4 Å². The Labute approximate surface area is 116 Å². The van der Waals surface area contributed by atoms with E-state index in [1.165, 1.54) is 0 Å². The molecule has 0 radical (unpaired) electrons. The van der Waals surface area contributed by atoms with Crippen molar-refractivity contribution in [3.63, 3.8) is 0 Å². The van der Waals surface area contributed by atoms with Gasteiger partial charge in [0.25, 0.3) is 0 Å². The molecule has 116 valence electrons. The monoisotopic (exact) mass is 291 g/mol. The second-order valence-corrected chi connectivity index (χ2v) is 4.05. The Balaban J connectivity index is 0. The second kappa shape index (κ2) is 12.1. The highest BCUT2D eigenvalue weighted by atomic mass is 16.6. The Kier molecular flexibility index (Phi) is 12.3. The molecule has 0 saturated heterocycles. The summed E-state index contributed by atoms with van der Waals surface area (Å²) in [5.74, 6) is -3.47. The summed E-state index contributed by atoms with van der Waals surface area (Å²) in [5.41, 5.74) is 0. The lowest BCUT2D eigenvalue weighted by atomic mass is 10.1. The third-order valence-electron chi connectivity index (χ3n) is 2.29. The lowest BCUT2D eigenvalue weighted by Gasteiger charge is -2.02. The van der Waals surface area contributed by atoms with Gasteiger partial charge in [-0.05, 0) is 12.8 Å². The molecule has 0 aromatic heterocycles. The van der Waals surface area contributed by atoms with Gasteiger partial charge in [-0.3, -0.25) is 19.2 Å². The molecule has 0 amide bonds. The standard InChI is InChI=1S/C12H18O7.H3N/c13-9(14)5-3-1-2-4-6-11(17)19-12(18)8-7-10(15)16;/h1-8H2,(H,13,14)(H,15,16);1H3. The number of ether oxygens (including phenoxy) is 1. The van der Waals surface area contributed by atoms with E-state index in [1.807, 2.05) is 0 Å². The number of hydrogen-bond donors (Lipinski definition) is 3. The first-order valence-electron chi connectivity index (χ1n) is 6.09. The number of unbranched alkanes of at least 4 members (excludes halogenated alkanes) is 3. The highest BCUT2D eigenvalue weighted by molar-refractivity contribution is 5.86. The minimum atomic E-state index is -1.12. The lowest BCUT2D eigenvalue weighted by Crippen LogP contribution is -2.13. The molecule has 8 heteroatoms. The zero-order valence-electron chi connectivity index (χ0n) is 11.3. The number of carboxylic acids is 2. The predicted octanol–water partition coefficient (Wildman–Crippen LogP) is 1.51. The summed E-state index contributed by atoms with van der Waals surface area (Å²) in [5, 5.41) is 16.7. The molecule has 0 aromatic rings. The summed E-state index contributed by atoms with van der Waals surface area (Å²) in [6, 6.07) is 0. The highest BCUT2D eigenvalue weighted by Gasteiger charge is 2.11. The normalized spacial score (nSPS) is 9.40.